The van der Waals surface area contributed by atoms with Crippen molar-refractivity contribution in [3.05, 3.63) is 0 Å². The number of alkyl halides is 7. The van der Waals surface area contributed by atoms with E-state index >= 15 is 0 Å². The lowest BCUT2D eigenvalue weighted by Gasteiger charge is -2.43. The molecule has 0 aromatic heterocycles. The summed E-state index contributed by atoms with van der Waals surface area (Å²) >= 11 is 0. The first kappa shape index (κ1) is 16.4. The van der Waals surface area contributed by atoms with Gasteiger partial charge in [0.25, 0.3) is 5.60 Å². The number of ether oxygens (including phenoxy) is 1. The van der Waals surface area contributed by atoms with Gasteiger partial charge in [-0.05, 0) is 18.4 Å². The monoisotopic (exact) mass is 276 g/mol. The fourth-order valence-electron chi connectivity index (χ4n) is 1.32. The van der Waals surface area contributed by atoms with E-state index in [1.54, 1.807) is 0 Å². The van der Waals surface area contributed by atoms with Crippen LogP contribution >= 0.6 is 0 Å². The molecule has 0 atom stereocenters. The van der Waals surface area contributed by atoms with Gasteiger partial charge in [-0.3, -0.25) is 0 Å². The van der Waals surface area contributed by atoms with Crippen LogP contribution in [0.2, 0.25) is 0 Å². The Morgan fingerprint density at radius 3 is 1.41 bits per heavy atom. The highest BCUT2D eigenvalue weighted by atomic mass is 19.4. The zero-order valence-electron chi connectivity index (χ0n) is 8.55. The summed E-state index contributed by atoms with van der Waals surface area (Å²) in [4.78, 5) is 2.68. The minimum atomic E-state index is -6.12. The summed E-state index contributed by atoms with van der Waals surface area (Å²) in [6.07, 6.45) is -12.2. The first-order valence-corrected chi connectivity index (χ1v) is 4.00. The first-order chi connectivity index (χ1) is 7.37. The van der Waals surface area contributed by atoms with E-state index in [-0.39, 0.29) is 13.8 Å². The lowest BCUT2D eigenvalue weighted by molar-refractivity contribution is -0.449. The third-order valence-electron chi connectivity index (χ3n) is 2.11. The summed E-state index contributed by atoms with van der Waals surface area (Å²) < 4.78 is 102. The molecule has 0 N–H and O–H groups in total. The number of hydrogen-bond donors (Lipinski definition) is 0. The molecule has 0 aliphatic heterocycles. The van der Waals surface area contributed by atoms with Crippen molar-refractivity contribution in [1.82, 2.24) is 0 Å². The second-order valence-electron chi connectivity index (χ2n) is 3.52. The van der Waals surface area contributed by atoms with Crippen LogP contribution in [0.4, 0.5) is 35.3 Å². The Balaban J connectivity index is 5.95. The van der Waals surface area contributed by atoms with Gasteiger partial charge in [0.05, 0.1) is 0 Å². The smallest absolute Gasteiger partial charge is 0.324 e. The van der Waals surface area contributed by atoms with E-state index in [4.69, 9.17) is 0 Å². The number of hydrogen-bond acceptors (Lipinski definition) is 2. The minimum Gasteiger partial charge on any atom is -0.324 e. The third-order valence-corrected chi connectivity index (χ3v) is 2.11. The zero-order chi connectivity index (χ0) is 14.1. The van der Waals surface area contributed by atoms with Crippen LogP contribution in [-0.2, 0) is 9.68 Å². The molecular formula is C7H8F8O2. The fraction of sp³-hybridized carbons (Fsp3) is 1.00. The Hall–Kier alpha value is -0.640. The van der Waals surface area contributed by atoms with Gasteiger partial charge in [-0.2, -0.15) is 31.3 Å². The molecular weight excluding hydrogens is 268 g/mol. The van der Waals surface area contributed by atoms with Gasteiger partial charge in [-0.25, -0.2) is 4.39 Å². The summed E-state index contributed by atoms with van der Waals surface area (Å²) in [6, 6.07) is 0. The van der Waals surface area contributed by atoms with Crippen LogP contribution in [0, 0.1) is 0 Å². The van der Waals surface area contributed by atoms with Gasteiger partial charge in [-0.15, -0.1) is 0 Å². The van der Waals surface area contributed by atoms with Crippen molar-refractivity contribution in [2.24, 2.45) is 0 Å². The van der Waals surface area contributed by atoms with E-state index in [1.165, 1.54) is 0 Å². The van der Waals surface area contributed by atoms with Crippen LogP contribution in [0.1, 0.15) is 13.8 Å². The van der Waals surface area contributed by atoms with Crippen LogP contribution < -0.4 is 0 Å². The first-order valence-electron chi connectivity index (χ1n) is 4.00. The van der Waals surface area contributed by atoms with Crippen molar-refractivity contribution >= 4 is 0 Å². The van der Waals surface area contributed by atoms with Crippen molar-refractivity contribution in [3.8, 4) is 0 Å². The molecule has 0 radical (unpaired) electrons. The van der Waals surface area contributed by atoms with Gasteiger partial charge in [-0.1, -0.05) is 0 Å². The summed E-state index contributed by atoms with van der Waals surface area (Å²) in [7, 11) is 0. The fourth-order valence-corrected chi connectivity index (χ4v) is 1.32. The van der Waals surface area contributed by atoms with Crippen molar-refractivity contribution in [1.29, 1.82) is 0 Å². The Labute approximate surface area is 90.4 Å². The highest BCUT2D eigenvalue weighted by molar-refractivity contribution is 5.07. The van der Waals surface area contributed by atoms with E-state index in [2.05, 4.69) is 9.68 Å². The Morgan fingerprint density at radius 1 is 0.882 bits per heavy atom. The summed E-state index contributed by atoms with van der Waals surface area (Å²) in [5, 5.41) is 0. The molecule has 104 valence electrons. The average molecular weight is 276 g/mol. The molecule has 0 aromatic carbocycles. The van der Waals surface area contributed by atoms with Crippen LogP contribution in [0.15, 0.2) is 0 Å². The van der Waals surface area contributed by atoms with Crippen LogP contribution in [0.3, 0.4) is 0 Å². The van der Waals surface area contributed by atoms with E-state index in [0.717, 1.165) is 0 Å². The predicted octanol–water partition coefficient (Wildman–Crippen LogP) is 3.47. The molecule has 2 nitrogen and oxygen atoms in total. The Morgan fingerprint density at radius 2 is 1.24 bits per heavy atom. The third kappa shape index (κ3) is 2.46. The molecule has 0 aliphatic carbocycles. The molecule has 0 fully saturated rings. The molecule has 0 saturated carbocycles. The average Bonchev–Trinajstić information content (AvgIpc) is 2.09. The van der Waals surface area contributed by atoms with Gasteiger partial charge < -0.3 is 4.74 Å². The van der Waals surface area contributed by atoms with Crippen molar-refractivity contribution in [2.75, 3.05) is 6.86 Å². The maximum absolute atomic E-state index is 12.5. The molecule has 0 heterocycles. The summed E-state index contributed by atoms with van der Waals surface area (Å²) in [6.45, 7) is -2.13. The second-order valence-corrected chi connectivity index (χ2v) is 3.52. The topological polar surface area (TPSA) is 18.5 Å². The summed E-state index contributed by atoms with van der Waals surface area (Å²) in [5.74, 6) is 0. The van der Waals surface area contributed by atoms with Crippen molar-refractivity contribution < 1.29 is 44.9 Å². The molecule has 10 heteroatoms. The van der Waals surface area contributed by atoms with Crippen LogP contribution in [-0.4, -0.2) is 30.4 Å². The number of rotatable bonds is 4. The molecule has 0 aromatic rings. The quantitative estimate of drug-likeness (QED) is 0.732. The Bertz CT molecular complexity index is 242. The standard InChI is InChI=1S/C7H8F8O2/c1-4(2,17-15)5(16-3-8,6(9,10)11)7(12,13)14/h3H2,1-2H3. The van der Waals surface area contributed by atoms with E-state index in [9.17, 15) is 35.3 Å². The highest BCUT2D eigenvalue weighted by Crippen LogP contribution is 2.53. The van der Waals surface area contributed by atoms with E-state index < -0.39 is 30.4 Å². The minimum absolute atomic E-state index is 0.143. The van der Waals surface area contributed by atoms with Crippen molar-refractivity contribution in [3.63, 3.8) is 0 Å². The lowest BCUT2D eigenvalue weighted by atomic mass is 9.84. The van der Waals surface area contributed by atoms with Gasteiger partial charge >= 0.3 is 12.4 Å². The highest BCUT2D eigenvalue weighted by Gasteiger charge is 2.80. The normalized spacial score (nSPS) is 15.2. The van der Waals surface area contributed by atoms with Crippen LogP contribution in [0.25, 0.3) is 0 Å². The van der Waals surface area contributed by atoms with Crippen molar-refractivity contribution in [2.45, 2.75) is 37.4 Å². The molecule has 0 rings (SSSR count). The van der Waals surface area contributed by atoms with Gasteiger partial charge in [0.1, 0.15) is 0 Å². The number of halogens is 8. The molecule has 0 bridgehead atoms. The van der Waals surface area contributed by atoms with E-state index in [0.29, 0.717) is 0 Å². The predicted molar refractivity (Wildman–Crippen MR) is 38.2 cm³/mol. The lowest BCUT2D eigenvalue weighted by Crippen LogP contribution is -2.70. The molecule has 0 amide bonds. The maximum atomic E-state index is 12.5. The van der Waals surface area contributed by atoms with Crippen LogP contribution in [0.5, 0.6) is 0 Å². The zero-order valence-corrected chi connectivity index (χ0v) is 8.55. The van der Waals surface area contributed by atoms with Gasteiger partial charge in [0, 0.05) is 0 Å². The molecule has 0 unspecified atom stereocenters. The molecule has 17 heavy (non-hydrogen) atoms. The second kappa shape index (κ2) is 4.56. The summed E-state index contributed by atoms with van der Waals surface area (Å²) in [5.41, 5.74) is -8.61. The largest absolute Gasteiger partial charge is 0.429 e. The maximum Gasteiger partial charge on any atom is 0.429 e. The Kier molecular flexibility index (Phi) is 4.39. The van der Waals surface area contributed by atoms with Gasteiger partial charge in [0.2, 0.25) is 0 Å². The molecule has 0 saturated heterocycles. The van der Waals surface area contributed by atoms with E-state index in [1.807, 2.05) is 0 Å². The SMILES string of the molecule is CC(C)(OF)C(OCF)(C(F)(F)F)C(F)(F)F. The molecule has 0 aliphatic rings. The van der Waals surface area contributed by atoms with Gasteiger partial charge in [0.15, 0.2) is 12.5 Å². The molecule has 0 spiro atoms.